The maximum Gasteiger partial charge on any atom is 0.427 e. The third-order valence-corrected chi connectivity index (χ3v) is 7.20. The van der Waals surface area contributed by atoms with Crippen LogP contribution in [0, 0.1) is 5.82 Å². The summed E-state index contributed by atoms with van der Waals surface area (Å²) in [7, 11) is -3.97. The Balaban J connectivity index is 1.64. The first-order valence-electron chi connectivity index (χ1n) is 9.50. The van der Waals surface area contributed by atoms with Crippen molar-refractivity contribution in [1.82, 2.24) is 9.21 Å². The number of benzene rings is 1. The van der Waals surface area contributed by atoms with E-state index < -0.39 is 46.4 Å². The van der Waals surface area contributed by atoms with E-state index in [-0.39, 0.29) is 50.5 Å². The monoisotopic (exact) mass is 470 g/mol. The normalized spacial score (nSPS) is 21.1. The molecule has 13 heteroatoms. The highest BCUT2D eigenvalue weighted by Crippen LogP contribution is 2.33. The number of aliphatic hydroxyl groups is 1. The van der Waals surface area contributed by atoms with Crippen LogP contribution in [0.4, 0.5) is 22.4 Å². The molecule has 174 valence electrons. The molecule has 0 radical (unpaired) electrons. The summed E-state index contributed by atoms with van der Waals surface area (Å²) in [5, 5.41) is 8.80. The molecule has 0 aromatic heterocycles. The zero-order chi connectivity index (χ0) is 22.9. The molecule has 1 atom stereocenters. The van der Waals surface area contributed by atoms with Gasteiger partial charge in [-0.2, -0.15) is 17.5 Å². The minimum atomic E-state index is -4.89. The number of piperidine rings is 1. The van der Waals surface area contributed by atoms with Gasteiger partial charge < -0.3 is 19.5 Å². The smallest absolute Gasteiger partial charge is 0.427 e. The van der Waals surface area contributed by atoms with Crippen molar-refractivity contribution in [3.8, 4) is 0 Å². The van der Waals surface area contributed by atoms with Crippen molar-refractivity contribution in [2.75, 3.05) is 39.4 Å². The highest BCUT2D eigenvalue weighted by molar-refractivity contribution is 7.89. The summed E-state index contributed by atoms with van der Waals surface area (Å²) < 4.78 is 88.6. The Morgan fingerprint density at radius 1 is 1.26 bits per heavy atom. The molecule has 31 heavy (non-hydrogen) atoms. The molecule has 8 nitrogen and oxygen atoms in total. The molecule has 2 fully saturated rings. The molecule has 1 spiro atoms. The Bertz CT molecular complexity index is 903. The number of carbonyl (C=O) groups is 1. The molecule has 2 aliphatic rings. The number of morpholine rings is 1. The number of nitrogens with zero attached hydrogens (tertiary/aromatic N) is 2. The van der Waals surface area contributed by atoms with Gasteiger partial charge in [0.05, 0.1) is 23.7 Å². The van der Waals surface area contributed by atoms with Crippen molar-refractivity contribution in [3.63, 3.8) is 0 Å². The highest BCUT2D eigenvalue weighted by atomic mass is 32.2. The van der Waals surface area contributed by atoms with Crippen molar-refractivity contribution in [1.29, 1.82) is 0 Å². The van der Waals surface area contributed by atoms with Gasteiger partial charge in [-0.1, -0.05) is 6.07 Å². The number of sulfonamides is 1. The number of alkyl halides is 3. The molecule has 2 aliphatic heterocycles. The summed E-state index contributed by atoms with van der Waals surface area (Å²) in [6.45, 7) is -1.29. The Labute approximate surface area is 176 Å². The molecular weight excluding hydrogens is 448 g/mol. The highest BCUT2D eigenvalue weighted by Gasteiger charge is 2.46. The molecule has 1 unspecified atom stereocenters. The van der Waals surface area contributed by atoms with Gasteiger partial charge in [0.15, 0.2) is 0 Å². The average molecular weight is 470 g/mol. The van der Waals surface area contributed by atoms with Gasteiger partial charge in [0.1, 0.15) is 5.82 Å². The number of amides is 1. The first-order valence-corrected chi connectivity index (χ1v) is 10.9. The Morgan fingerprint density at radius 3 is 2.52 bits per heavy atom. The van der Waals surface area contributed by atoms with Gasteiger partial charge in [-0.25, -0.2) is 17.6 Å². The van der Waals surface area contributed by atoms with E-state index in [0.29, 0.717) is 0 Å². The van der Waals surface area contributed by atoms with E-state index >= 15 is 0 Å². The minimum absolute atomic E-state index is 0.0112. The van der Waals surface area contributed by atoms with E-state index in [0.717, 1.165) is 17.0 Å². The third-order valence-electron chi connectivity index (χ3n) is 5.35. The van der Waals surface area contributed by atoms with Crippen molar-refractivity contribution in [2.45, 2.75) is 35.6 Å². The number of rotatable bonds is 4. The average Bonchev–Trinajstić information content (AvgIpc) is 2.71. The lowest BCUT2D eigenvalue weighted by Crippen LogP contribution is -2.58. The van der Waals surface area contributed by atoms with Crippen LogP contribution < -0.4 is 0 Å². The van der Waals surface area contributed by atoms with E-state index in [1.54, 1.807) is 0 Å². The van der Waals surface area contributed by atoms with Crippen LogP contribution in [0.3, 0.4) is 0 Å². The lowest BCUT2D eigenvalue weighted by atomic mass is 9.90. The molecule has 3 rings (SSSR count). The zero-order valence-electron chi connectivity index (χ0n) is 16.3. The fourth-order valence-corrected chi connectivity index (χ4v) is 5.13. The standard InChI is InChI=1S/C18H22F4N2O6S/c19-13-2-1-3-14(10-13)31(27,28)24-8-9-29-17(12-24)4-6-23(7-5-17)16(26)30-15(11-25)18(20,21)22/h1-3,10,15,25H,4-9,11-12H2. The zero-order valence-corrected chi connectivity index (χ0v) is 17.2. The Hall–Kier alpha value is -1.96. The van der Waals surface area contributed by atoms with Crippen LogP contribution in [-0.2, 0) is 19.5 Å². The fraction of sp³-hybridized carbons (Fsp3) is 0.611. The van der Waals surface area contributed by atoms with Crippen LogP contribution in [0.1, 0.15) is 12.8 Å². The van der Waals surface area contributed by atoms with E-state index in [9.17, 15) is 30.8 Å². The second-order valence-electron chi connectivity index (χ2n) is 7.41. The van der Waals surface area contributed by atoms with E-state index in [2.05, 4.69) is 4.74 Å². The summed E-state index contributed by atoms with van der Waals surface area (Å²) in [5.74, 6) is -0.684. The number of likely N-dealkylation sites (tertiary alicyclic amines) is 1. The quantitative estimate of drug-likeness (QED) is 0.674. The minimum Gasteiger partial charge on any atom is -0.434 e. The van der Waals surface area contributed by atoms with Crippen molar-refractivity contribution < 1.29 is 45.4 Å². The van der Waals surface area contributed by atoms with Gasteiger partial charge in [-0.3, -0.25) is 0 Å². The second-order valence-corrected chi connectivity index (χ2v) is 9.35. The number of aliphatic hydroxyl groups excluding tert-OH is 1. The van der Waals surface area contributed by atoms with Gasteiger partial charge >= 0.3 is 12.3 Å². The number of halogens is 4. The van der Waals surface area contributed by atoms with Gasteiger partial charge in [0, 0.05) is 26.2 Å². The topological polar surface area (TPSA) is 96.4 Å². The molecule has 0 saturated carbocycles. The molecule has 1 N–H and O–H groups in total. The van der Waals surface area contributed by atoms with Crippen molar-refractivity contribution in [3.05, 3.63) is 30.1 Å². The first kappa shape index (κ1) is 23.7. The molecule has 1 aromatic rings. The summed E-state index contributed by atoms with van der Waals surface area (Å²) in [6.07, 6.45) is -8.38. The van der Waals surface area contributed by atoms with Crippen LogP contribution in [0.25, 0.3) is 0 Å². The lowest BCUT2D eigenvalue weighted by molar-refractivity contribution is -0.215. The number of hydrogen-bond donors (Lipinski definition) is 1. The molecule has 1 aromatic carbocycles. The van der Waals surface area contributed by atoms with Crippen LogP contribution in [0.5, 0.6) is 0 Å². The van der Waals surface area contributed by atoms with Crippen molar-refractivity contribution in [2.24, 2.45) is 0 Å². The summed E-state index contributed by atoms with van der Waals surface area (Å²) >= 11 is 0. The number of hydrogen-bond acceptors (Lipinski definition) is 6. The Kier molecular flexibility index (Phi) is 6.79. The van der Waals surface area contributed by atoms with E-state index in [1.165, 1.54) is 16.4 Å². The lowest BCUT2D eigenvalue weighted by Gasteiger charge is -2.46. The van der Waals surface area contributed by atoms with E-state index in [4.69, 9.17) is 9.84 Å². The molecule has 2 saturated heterocycles. The SMILES string of the molecule is O=C(OC(CO)C(F)(F)F)N1CCC2(CC1)CN(S(=O)(=O)c1cccc(F)c1)CCO2. The molecule has 0 bridgehead atoms. The summed E-state index contributed by atoms with van der Waals surface area (Å²) in [6, 6.07) is 4.64. The predicted molar refractivity (Wildman–Crippen MR) is 98.1 cm³/mol. The van der Waals surface area contributed by atoms with Crippen LogP contribution in [0.2, 0.25) is 0 Å². The maximum atomic E-state index is 13.5. The Morgan fingerprint density at radius 2 is 1.94 bits per heavy atom. The van der Waals surface area contributed by atoms with Crippen LogP contribution in [-0.4, -0.2) is 86.1 Å². The number of carbonyl (C=O) groups excluding carboxylic acids is 1. The van der Waals surface area contributed by atoms with Crippen molar-refractivity contribution >= 4 is 16.1 Å². The second kappa shape index (κ2) is 8.88. The van der Waals surface area contributed by atoms with Gasteiger partial charge in [-0.05, 0) is 31.0 Å². The largest absolute Gasteiger partial charge is 0.434 e. The van der Waals surface area contributed by atoms with Crippen LogP contribution >= 0.6 is 0 Å². The maximum absolute atomic E-state index is 13.5. The first-order chi connectivity index (χ1) is 14.5. The third kappa shape index (κ3) is 5.27. The van der Waals surface area contributed by atoms with Gasteiger partial charge in [0.2, 0.25) is 16.1 Å². The molecule has 1 amide bonds. The number of ether oxygens (including phenoxy) is 2. The molecular formula is C18H22F4N2O6S. The fourth-order valence-electron chi connectivity index (χ4n) is 3.59. The van der Waals surface area contributed by atoms with Gasteiger partial charge in [-0.15, -0.1) is 0 Å². The summed E-state index contributed by atoms with van der Waals surface area (Å²) in [4.78, 5) is 12.9. The predicted octanol–water partition coefficient (Wildman–Crippen LogP) is 1.74. The summed E-state index contributed by atoms with van der Waals surface area (Å²) in [5.41, 5.74) is -0.921. The van der Waals surface area contributed by atoms with Gasteiger partial charge in [0.25, 0.3) is 0 Å². The van der Waals surface area contributed by atoms with E-state index in [1.807, 2.05) is 0 Å². The molecule has 0 aliphatic carbocycles. The van der Waals surface area contributed by atoms with Crippen LogP contribution in [0.15, 0.2) is 29.2 Å². The molecule has 2 heterocycles.